The lowest BCUT2D eigenvalue weighted by atomic mass is 9.74. The van der Waals surface area contributed by atoms with Gasteiger partial charge in [-0.25, -0.2) is 15.0 Å². The summed E-state index contributed by atoms with van der Waals surface area (Å²) in [5, 5.41) is 4.90. The van der Waals surface area contributed by atoms with E-state index >= 15 is 0 Å². The van der Waals surface area contributed by atoms with E-state index in [9.17, 15) is 0 Å². The highest BCUT2D eigenvalue weighted by Gasteiger charge is 2.39. The predicted octanol–water partition coefficient (Wildman–Crippen LogP) is 14.2. The van der Waals surface area contributed by atoms with Gasteiger partial charge >= 0.3 is 0 Å². The molecule has 0 saturated carbocycles. The molecule has 2 unspecified atom stereocenters. The van der Waals surface area contributed by atoms with E-state index in [1.54, 1.807) is 0 Å². The molecule has 0 spiro atoms. The largest absolute Gasteiger partial charge is 0.483 e. The molecule has 6 heteroatoms. The highest BCUT2D eigenvalue weighted by atomic mass is 16.5. The number of allylic oxidation sites excluding steroid dienone is 2. The van der Waals surface area contributed by atoms with Crippen molar-refractivity contribution in [3.8, 4) is 45.6 Å². The molecule has 2 atom stereocenters. The molecule has 0 saturated heterocycles. The topological polar surface area (TPSA) is 56.1 Å². The first-order chi connectivity index (χ1) is 31.5. The fraction of sp³-hybridized carbons (Fsp3) is 0.0862. The van der Waals surface area contributed by atoms with Crippen LogP contribution in [0.1, 0.15) is 36.5 Å². The number of rotatable bonds is 6. The number of fused-ring (bicyclic) bond motifs is 10. The number of nitrogens with zero attached hydrogens (tertiary/aromatic N) is 5. The Hall–Kier alpha value is -8.09. The molecule has 0 fully saturated rings. The first-order valence-corrected chi connectivity index (χ1v) is 22.0. The van der Waals surface area contributed by atoms with E-state index in [4.69, 9.17) is 19.7 Å². The van der Waals surface area contributed by atoms with Crippen LogP contribution in [0.25, 0.3) is 72.4 Å². The van der Waals surface area contributed by atoms with Gasteiger partial charge in [0.05, 0.1) is 22.4 Å². The van der Waals surface area contributed by atoms with Crippen LogP contribution in [0.15, 0.2) is 200 Å². The van der Waals surface area contributed by atoms with Crippen molar-refractivity contribution in [2.24, 2.45) is 0 Å². The summed E-state index contributed by atoms with van der Waals surface area (Å²) in [5.41, 5.74) is 12.7. The summed E-state index contributed by atoms with van der Waals surface area (Å²) in [6.07, 6.45) is 8.63. The second-order valence-electron chi connectivity index (χ2n) is 17.5. The van der Waals surface area contributed by atoms with Crippen LogP contribution < -0.4 is 9.64 Å². The lowest BCUT2D eigenvalue weighted by molar-refractivity contribution is 0.269. The fourth-order valence-electron chi connectivity index (χ4n) is 10.4. The molecule has 2 aromatic heterocycles. The summed E-state index contributed by atoms with van der Waals surface area (Å²) in [7, 11) is 0. The van der Waals surface area contributed by atoms with Crippen LogP contribution in [0.2, 0.25) is 0 Å². The Morgan fingerprint density at radius 3 is 1.97 bits per heavy atom. The summed E-state index contributed by atoms with van der Waals surface area (Å²) >= 11 is 0. The molecule has 3 aliphatic rings. The third-order valence-corrected chi connectivity index (χ3v) is 13.5. The second-order valence-corrected chi connectivity index (χ2v) is 17.5. The Balaban J connectivity index is 1.07. The lowest BCUT2D eigenvalue weighted by Crippen LogP contribution is -2.27. The Morgan fingerprint density at radius 1 is 0.547 bits per heavy atom. The zero-order chi connectivity index (χ0) is 42.5. The minimum Gasteiger partial charge on any atom is -0.483 e. The number of para-hydroxylation sites is 2. The quantitative estimate of drug-likeness (QED) is 0.167. The monoisotopic (exact) mass is 823 g/mol. The van der Waals surface area contributed by atoms with Crippen molar-refractivity contribution >= 4 is 49.6 Å². The van der Waals surface area contributed by atoms with Crippen LogP contribution in [-0.2, 0) is 5.41 Å². The maximum absolute atomic E-state index is 6.87. The standard InChI is InChI=1S/C58H41N5O/c1-58(2)46-33-39(57-60-55(37-18-6-3-7-19-37)59-56(61-57)38-20-8-4-9-21-38)30-31-48(46)63-49-32-29-36-17-12-13-24-42(36)52(49)45-34-41(35-47(58)53(45)63)62(40-22-10-5-11-23-40)50-27-16-26-44-43-25-14-15-28-51(43)64-54(44)50/h3-35,43,51H,1-2H3. The van der Waals surface area contributed by atoms with Crippen molar-refractivity contribution in [2.75, 3.05) is 4.90 Å². The van der Waals surface area contributed by atoms with Gasteiger partial charge in [0.15, 0.2) is 17.5 Å². The maximum Gasteiger partial charge on any atom is 0.164 e. The van der Waals surface area contributed by atoms with E-state index < -0.39 is 5.41 Å². The van der Waals surface area contributed by atoms with Crippen molar-refractivity contribution in [3.05, 3.63) is 217 Å². The van der Waals surface area contributed by atoms with E-state index in [0.29, 0.717) is 17.5 Å². The highest BCUT2D eigenvalue weighted by Crippen LogP contribution is 2.54. The summed E-state index contributed by atoms with van der Waals surface area (Å²) in [6.45, 7) is 4.73. The van der Waals surface area contributed by atoms with E-state index in [0.717, 1.165) is 45.2 Å². The van der Waals surface area contributed by atoms with Gasteiger partial charge in [-0.1, -0.05) is 153 Å². The van der Waals surface area contributed by atoms with Gasteiger partial charge in [-0.15, -0.1) is 0 Å². The SMILES string of the molecule is CC1(C)c2cc(-c3nc(-c4ccccc4)nc(-c4ccccc4)n3)ccc2-n2c3ccc4ccccc4c3c3cc(N(c4ccccc4)c4cccc5c4OC4C=CC=CC54)cc1c32. The molecule has 4 heterocycles. The van der Waals surface area contributed by atoms with Crippen LogP contribution in [-0.4, -0.2) is 25.6 Å². The third kappa shape index (κ3) is 5.48. The molecule has 1 aliphatic carbocycles. The smallest absolute Gasteiger partial charge is 0.164 e. The molecule has 0 radical (unpaired) electrons. The maximum atomic E-state index is 6.87. The number of hydrogen-bond donors (Lipinski definition) is 0. The molecule has 10 aromatic rings. The molecular formula is C58H41N5O. The van der Waals surface area contributed by atoms with Crippen molar-refractivity contribution in [2.45, 2.75) is 31.3 Å². The normalized spacial score (nSPS) is 16.4. The first kappa shape index (κ1) is 36.6. The number of anilines is 3. The van der Waals surface area contributed by atoms with E-state index in [1.165, 1.54) is 49.3 Å². The minimum atomic E-state index is -0.445. The van der Waals surface area contributed by atoms with Crippen LogP contribution in [0.3, 0.4) is 0 Å². The second kappa shape index (κ2) is 14.0. The van der Waals surface area contributed by atoms with Gasteiger partial charge in [0.1, 0.15) is 11.9 Å². The van der Waals surface area contributed by atoms with Gasteiger partial charge in [-0.3, -0.25) is 0 Å². The fourth-order valence-corrected chi connectivity index (χ4v) is 10.4. The molecule has 2 aliphatic heterocycles. The zero-order valence-corrected chi connectivity index (χ0v) is 35.4. The first-order valence-electron chi connectivity index (χ1n) is 22.0. The molecule has 0 N–H and O–H groups in total. The lowest BCUT2D eigenvalue weighted by Gasteiger charge is -2.36. The van der Waals surface area contributed by atoms with E-state index in [1.807, 2.05) is 36.4 Å². The van der Waals surface area contributed by atoms with Gasteiger partial charge in [0.2, 0.25) is 0 Å². The molecule has 8 aromatic carbocycles. The number of hydrogen-bond acceptors (Lipinski definition) is 5. The highest BCUT2D eigenvalue weighted by molar-refractivity contribution is 6.23. The van der Waals surface area contributed by atoms with Gasteiger partial charge in [0.25, 0.3) is 0 Å². The molecule has 6 nitrogen and oxygen atoms in total. The van der Waals surface area contributed by atoms with Crippen molar-refractivity contribution < 1.29 is 4.74 Å². The molecule has 304 valence electrons. The molecule has 0 bridgehead atoms. The zero-order valence-electron chi connectivity index (χ0n) is 35.4. The minimum absolute atomic E-state index is 0.0340. The summed E-state index contributed by atoms with van der Waals surface area (Å²) in [4.78, 5) is 17.7. The Labute approximate surface area is 371 Å². The average Bonchev–Trinajstić information content (AvgIpc) is 3.91. The van der Waals surface area contributed by atoms with Crippen molar-refractivity contribution in [3.63, 3.8) is 0 Å². The number of ether oxygens (including phenoxy) is 1. The number of aromatic nitrogens is 4. The van der Waals surface area contributed by atoms with Crippen molar-refractivity contribution in [1.82, 2.24) is 19.5 Å². The van der Waals surface area contributed by atoms with Crippen LogP contribution in [0, 0.1) is 0 Å². The molecule has 0 amide bonds. The van der Waals surface area contributed by atoms with E-state index in [2.05, 4.69) is 187 Å². The van der Waals surface area contributed by atoms with Gasteiger partial charge in [-0.2, -0.15) is 0 Å². The molecule has 13 rings (SSSR count). The van der Waals surface area contributed by atoms with Gasteiger partial charge < -0.3 is 14.2 Å². The summed E-state index contributed by atoms with van der Waals surface area (Å²) < 4.78 is 9.37. The Kier molecular flexibility index (Phi) is 7.97. The van der Waals surface area contributed by atoms with Crippen LogP contribution >= 0.6 is 0 Å². The molecular weight excluding hydrogens is 783 g/mol. The average molecular weight is 824 g/mol. The van der Waals surface area contributed by atoms with Gasteiger partial charge in [0, 0.05) is 55.7 Å². The predicted molar refractivity (Wildman–Crippen MR) is 260 cm³/mol. The van der Waals surface area contributed by atoms with E-state index in [-0.39, 0.29) is 12.0 Å². The van der Waals surface area contributed by atoms with Crippen LogP contribution in [0.4, 0.5) is 17.1 Å². The summed E-state index contributed by atoms with van der Waals surface area (Å²) in [5.74, 6) is 3.02. The third-order valence-electron chi connectivity index (χ3n) is 13.5. The Bertz CT molecular complexity index is 3520. The molecule has 64 heavy (non-hydrogen) atoms. The summed E-state index contributed by atoms with van der Waals surface area (Å²) in [6, 6.07) is 62.6. The van der Waals surface area contributed by atoms with Crippen LogP contribution in [0.5, 0.6) is 5.75 Å². The van der Waals surface area contributed by atoms with Crippen molar-refractivity contribution in [1.29, 1.82) is 0 Å². The Morgan fingerprint density at radius 2 is 1.22 bits per heavy atom. The van der Waals surface area contributed by atoms with Gasteiger partial charge in [-0.05, 0) is 82.6 Å². The number of benzene rings is 8.